The number of aryl methyl sites for hydroxylation is 3. The average molecular weight is 453 g/mol. The third kappa shape index (κ3) is 5.55. The molecule has 32 heavy (non-hydrogen) atoms. The molecule has 0 aliphatic rings. The second-order valence-corrected chi connectivity index (χ2v) is 9.46. The Hall–Kier alpha value is -3.16. The maximum absolute atomic E-state index is 13.3. The second kappa shape index (κ2) is 9.97. The molecular formula is C25H28N2O4S. The summed E-state index contributed by atoms with van der Waals surface area (Å²) in [5, 5.41) is 2.92. The number of anilines is 1. The van der Waals surface area contributed by atoms with Crippen LogP contribution in [0.2, 0.25) is 0 Å². The number of carbonyl (C=O) groups excluding carboxylic acids is 1. The first-order valence-electron chi connectivity index (χ1n) is 10.3. The summed E-state index contributed by atoms with van der Waals surface area (Å²) in [6, 6.07) is 18.9. The van der Waals surface area contributed by atoms with Crippen LogP contribution >= 0.6 is 0 Å². The molecule has 0 fully saturated rings. The number of sulfonamides is 1. The number of para-hydroxylation sites is 1. The Bertz CT molecular complexity index is 1190. The standard InChI is InChI=1S/C25H28N2O4S/c1-17-13-14-22(31-4)23(15-17)32(29,30)27-21(16-20-11-6-5-7-12-20)25(28)26-24-18(2)9-8-10-19(24)3/h5-15,21,27H,16H2,1-4H3,(H,26,28)/t21-/m0/s1. The minimum Gasteiger partial charge on any atom is -0.495 e. The molecule has 0 unspecified atom stereocenters. The summed E-state index contributed by atoms with van der Waals surface area (Å²) >= 11 is 0. The third-order valence-corrected chi connectivity index (χ3v) is 6.73. The fourth-order valence-electron chi connectivity index (χ4n) is 3.50. The van der Waals surface area contributed by atoms with Gasteiger partial charge in [-0.25, -0.2) is 8.42 Å². The summed E-state index contributed by atoms with van der Waals surface area (Å²) in [7, 11) is -2.62. The molecule has 7 heteroatoms. The van der Waals surface area contributed by atoms with E-state index in [0.29, 0.717) is 5.69 Å². The number of ether oxygens (including phenoxy) is 1. The molecular weight excluding hydrogens is 424 g/mol. The highest BCUT2D eigenvalue weighted by Crippen LogP contribution is 2.26. The van der Waals surface area contributed by atoms with Gasteiger partial charge in [0.15, 0.2) is 0 Å². The quantitative estimate of drug-likeness (QED) is 0.538. The molecule has 1 atom stereocenters. The van der Waals surface area contributed by atoms with Gasteiger partial charge in [0.25, 0.3) is 0 Å². The van der Waals surface area contributed by atoms with E-state index in [1.807, 2.05) is 62.4 Å². The topological polar surface area (TPSA) is 84.5 Å². The zero-order valence-corrected chi connectivity index (χ0v) is 19.5. The van der Waals surface area contributed by atoms with Crippen LogP contribution in [0.15, 0.2) is 71.6 Å². The van der Waals surface area contributed by atoms with Crippen molar-refractivity contribution < 1.29 is 17.9 Å². The van der Waals surface area contributed by atoms with E-state index >= 15 is 0 Å². The highest BCUT2D eigenvalue weighted by molar-refractivity contribution is 7.89. The lowest BCUT2D eigenvalue weighted by Crippen LogP contribution is -2.45. The minimum atomic E-state index is -4.04. The Morgan fingerprint density at radius 1 is 0.938 bits per heavy atom. The number of amides is 1. The summed E-state index contributed by atoms with van der Waals surface area (Å²) in [6.07, 6.45) is 0.199. The third-order valence-electron chi connectivity index (χ3n) is 5.23. The predicted molar refractivity (Wildman–Crippen MR) is 127 cm³/mol. The highest BCUT2D eigenvalue weighted by Gasteiger charge is 2.29. The van der Waals surface area contributed by atoms with Crippen molar-refractivity contribution >= 4 is 21.6 Å². The molecule has 1 amide bonds. The summed E-state index contributed by atoms with van der Waals surface area (Å²) in [6.45, 7) is 5.60. The van der Waals surface area contributed by atoms with Gasteiger partial charge >= 0.3 is 0 Å². The first-order chi connectivity index (χ1) is 15.2. The summed E-state index contributed by atoms with van der Waals surface area (Å²) in [4.78, 5) is 13.3. The van der Waals surface area contributed by atoms with Crippen LogP contribution in [0.5, 0.6) is 5.75 Å². The van der Waals surface area contributed by atoms with Gasteiger partial charge in [-0.3, -0.25) is 4.79 Å². The predicted octanol–water partition coefficient (Wildman–Crippen LogP) is 4.15. The summed E-state index contributed by atoms with van der Waals surface area (Å²) in [5.74, 6) is -0.210. The Balaban J connectivity index is 1.96. The van der Waals surface area contributed by atoms with Gasteiger partial charge in [-0.2, -0.15) is 4.72 Å². The Morgan fingerprint density at radius 2 is 1.59 bits per heavy atom. The van der Waals surface area contributed by atoms with E-state index in [0.717, 1.165) is 22.3 Å². The fourth-order valence-corrected chi connectivity index (χ4v) is 4.95. The smallest absolute Gasteiger partial charge is 0.245 e. The molecule has 2 N–H and O–H groups in total. The fraction of sp³-hybridized carbons (Fsp3) is 0.240. The number of hydrogen-bond donors (Lipinski definition) is 2. The van der Waals surface area contributed by atoms with E-state index in [2.05, 4.69) is 10.0 Å². The zero-order chi connectivity index (χ0) is 23.3. The molecule has 0 saturated heterocycles. The van der Waals surface area contributed by atoms with E-state index in [1.165, 1.54) is 13.2 Å². The van der Waals surface area contributed by atoms with Gasteiger partial charge in [-0.1, -0.05) is 54.6 Å². The van der Waals surface area contributed by atoms with Gasteiger partial charge in [0.2, 0.25) is 15.9 Å². The van der Waals surface area contributed by atoms with Gasteiger partial charge in [0.1, 0.15) is 16.7 Å². The molecule has 3 rings (SSSR count). The van der Waals surface area contributed by atoms with Gasteiger partial charge in [-0.15, -0.1) is 0 Å². The number of carbonyl (C=O) groups is 1. The van der Waals surface area contributed by atoms with Gasteiger partial charge in [-0.05, 0) is 61.6 Å². The Labute approximate surface area is 189 Å². The summed E-state index contributed by atoms with van der Waals surface area (Å²) in [5.41, 5.74) is 4.10. The second-order valence-electron chi connectivity index (χ2n) is 7.77. The van der Waals surface area contributed by atoms with Crippen LogP contribution in [0.25, 0.3) is 0 Å². The molecule has 0 radical (unpaired) electrons. The average Bonchev–Trinajstić information content (AvgIpc) is 2.76. The van der Waals surface area contributed by atoms with Gasteiger partial charge < -0.3 is 10.1 Å². The molecule has 0 aromatic heterocycles. The molecule has 0 saturated carbocycles. The van der Waals surface area contributed by atoms with Crippen LogP contribution in [0.1, 0.15) is 22.3 Å². The van der Waals surface area contributed by atoms with Crippen molar-refractivity contribution in [3.05, 3.63) is 89.0 Å². The van der Waals surface area contributed by atoms with Crippen LogP contribution in [0.3, 0.4) is 0 Å². The molecule has 3 aromatic rings. The van der Waals surface area contributed by atoms with Crippen LogP contribution in [-0.2, 0) is 21.2 Å². The van der Waals surface area contributed by atoms with E-state index in [4.69, 9.17) is 4.74 Å². The number of benzene rings is 3. The summed E-state index contributed by atoms with van der Waals surface area (Å²) < 4.78 is 34.4. The molecule has 0 heterocycles. The maximum Gasteiger partial charge on any atom is 0.245 e. The number of hydrogen-bond acceptors (Lipinski definition) is 4. The molecule has 3 aromatic carbocycles. The van der Waals surface area contributed by atoms with Crippen molar-refractivity contribution in [1.29, 1.82) is 0 Å². The lowest BCUT2D eigenvalue weighted by atomic mass is 10.0. The number of methoxy groups -OCH3 is 1. The molecule has 0 aliphatic heterocycles. The molecule has 0 aliphatic carbocycles. The van der Waals surface area contributed by atoms with E-state index in [1.54, 1.807) is 19.1 Å². The van der Waals surface area contributed by atoms with Crippen molar-refractivity contribution in [2.45, 2.75) is 38.1 Å². The minimum absolute atomic E-state index is 0.00191. The van der Waals surface area contributed by atoms with Gasteiger partial charge in [0.05, 0.1) is 7.11 Å². The molecule has 6 nitrogen and oxygen atoms in total. The lowest BCUT2D eigenvalue weighted by molar-refractivity contribution is -0.117. The van der Waals surface area contributed by atoms with E-state index in [-0.39, 0.29) is 17.1 Å². The van der Waals surface area contributed by atoms with Crippen LogP contribution in [-0.4, -0.2) is 27.5 Å². The van der Waals surface area contributed by atoms with Crippen LogP contribution in [0, 0.1) is 20.8 Å². The SMILES string of the molecule is COc1ccc(C)cc1S(=O)(=O)N[C@@H](Cc1ccccc1)C(=O)Nc1c(C)cccc1C. The lowest BCUT2D eigenvalue weighted by Gasteiger charge is -2.21. The van der Waals surface area contributed by atoms with E-state index < -0.39 is 22.0 Å². The highest BCUT2D eigenvalue weighted by atomic mass is 32.2. The Morgan fingerprint density at radius 3 is 2.22 bits per heavy atom. The molecule has 0 bridgehead atoms. The van der Waals surface area contributed by atoms with Crippen LogP contribution < -0.4 is 14.8 Å². The zero-order valence-electron chi connectivity index (χ0n) is 18.7. The number of rotatable bonds is 8. The largest absolute Gasteiger partial charge is 0.495 e. The van der Waals surface area contributed by atoms with Crippen molar-refractivity contribution in [2.75, 3.05) is 12.4 Å². The normalized spacial score (nSPS) is 12.2. The van der Waals surface area contributed by atoms with Crippen molar-refractivity contribution in [3.63, 3.8) is 0 Å². The monoisotopic (exact) mass is 452 g/mol. The van der Waals surface area contributed by atoms with Gasteiger partial charge in [0, 0.05) is 5.69 Å². The first kappa shape index (κ1) is 23.5. The van der Waals surface area contributed by atoms with Crippen LogP contribution in [0.4, 0.5) is 5.69 Å². The van der Waals surface area contributed by atoms with E-state index in [9.17, 15) is 13.2 Å². The number of nitrogens with one attached hydrogen (secondary N) is 2. The Kier molecular flexibility index (Phi) is 7.33. The maximum atomic E-state index is 13.3. The molecule has 0 spiro atoms. The molecule has 168 valence electrons. The van der Waals surface area contributed by atoms with Crippen molar-refractivity contribution in [3.8, 4) is 5.75 Å². The first-order valence-corrected chi connectivity index (χ1v) is 11.8. The van der Waals surface area contributed by atoms with Crippen molar-refractivity contribution in [1.82, 2.24) is 4.72 Å². The van der Waals surface area contributed by atoms with Crippen molar-refractivity contribution in [2.24, 2.45) is 0 Å².